The Kier molecular flexibility index (Phi) is 4.69. The van der Waals surface area contributed by atoms with Gasteiger partial charge < -0.3 is 10.1 Å². The lowest BCUT2D eigenvalue weighted by Gasteiger charge is -2.32. The third kappa shape index (κ3) is 3.53. The Labute approximate surface area is 158 Å². The molecule has 1 N–H and O–H groups in total. The van der Waals surface area contributed by atoms with Gasteiger partial charge in [-0.2, -0.15) is 27.8 Å². The van der Waals surface area contributed by atoms with E-state index in [1.54, 1.807) is 19.2 Å². The van der Waals surface area contributed by atoms with Gasteiger partial charge in [-0.3, -0.25) is 4.68 Å². The van der Waals surface area contributed by atoms with Gasteiger partial charge in [0.15, 0.2) is 0 Å². The van der Waals surface area contributed by atoms with Crippen molar-refractivity contribution in [2.24, 2.45) is 0 Å². The Bertz CT molecular complexity index is 981. The van der Waals surface area contributed by atoms with E-state index in [0.717, 1.165) is 29.5 Å². The second-order valence-electron chi connectivity index (χ2n) is 6.74. The third-order valence-corrected chi connectivity index (χ3v) is 4.66. The minimum Gasteiger partial charge on any atom is -0.371 e. The number of aryl methyl sites for hydroxylation is 2. The highest BCUT2D eigenvalue weighted by atomic mass is 19.4. The van der Waals surface area contributed by atoms with E-state index < -0.39 is 12.0 Å². The highest BCUT2D eigenvalue weighted by Gasteiger charge is 2.37. The number of ether oxygens (including phenoxy) is 1. The predicted molar refractivity (Wildman–Crippen MR) is 93.8 cm³/mol. The molecular weight excluding hydrogens is 375 g/mol. The van der Waals surface area contributed by atoms with E-state index in [4.69, 9.17) is 4.74 Å². The monoisotopic (exact) mass is 395 g/mol. The number of fused-ring (bicyclic) bond motifs is 1. The van der Waals surface area contributed by atoms with Crippen LogP contribution in [0, 0.1) is 6.92 Å². The zero-order valence-electron chi connectivity index (χ0n) is 15.4. The first-order valence-corrected chi connectivity index (χ1v) is 9.07. The van der Waals surface area contributed by atoms with Crippen LogP contribution >= 0.6 is 0 Å². The number of hydrogen-bond acceptors (Lipinski definition) is 6. The molecule has 0 saturated carbocycles. The molecule has 0 bridgehead atoms. The molecule has 11 heteroatoms. The Morgan fingerprint density at radius 1 is 1.32 bits per heavy atom. The van der Waals surface area contributed by atoms with E-state index in [-0.39, 0.29) is 17.9 Å². The maximum absolute atomic E-state index is 13.0. The van der Waals surface area contributed by atoms with Crippen LogP contribution in [0.5, 0.6) is 0 Å². The minimum atomic E-state index is -4.63. The Morgan fingerprint density at radius 2 is 2.14 bits per heavy atom. The molecule has 0 radical (unpaired) electrons. The lowest BCUT2D eigenvalue weighted by atomic mass is 9.98. The van der Waals surface area contributed by atoms with Gasteiger partial charge in [-0.25, -0.2) is 4.98 Å². The number of nitrogens with one attached hydrogen (secondary N) is 1. The molecule has 1 saturated heterocycles. The number of rotatable bonds is 4. The number of anilines is 1. The highest BCUT2D eigenvalue weighted by molar-refractivity contribution is 5.46. The molecular formula is C17H20F3N7O. The van der Waals surface area contributed by atoms with Crippen LogP contribution in [0.15, 0.2) is 18.5 Å². The van der Waals surface area contributed by atoms with Crippen molar-refractivity contribution in [3.05, 3.63) is 35.5 Å². The van der Waals surface area contributed by atoms with Crippen molar-refractivity contribution in [2.45, 2.75) is 51.6 Å². The topological polar surface area (TPSA) is 82.2 Å². The zero-order chi connectivity index (χ0) is 19.9. The van der Waals surface area contributed by atoms with E-state index in [1.165, 1.54) is 0 Å². The second-order valence-corrected chi connectivity index (χ2v) is 6.74. The van der Waals surface area contributed by atoms with Crippen molar-refractivity contribution < 1.29 is 17.9 Å². The average molecular weight is 395 g/mol. The molecule has 2 atom stereocenters. The number of nitrogens with zero attached hydrogens (tertiary/aromatic N) is 6. The first-order valence-electron chi connectivity index (χ1n) is 9.07. The third-order valence-electron chi connectivity index (χ3n) is 4.66. The molecule has 3 aromatic rings. The van der Waals surface area contributed by atoms with Gasteiger partial charge in [-0.05, 0) is 26.7 Å². The SMILES string of the molecule is CCn1cc([C@H]2OCCC[C@@H]2Nc2cc(C)nc3nc(C(F)(F)F)nn23)cn1. The van der Waals surface area contributed by atoms with Crippen LogP contribution in [0.4, 0.5) is 19.0 Å². The maximum Gasteiger partial charge on any atom is 0.453 e. The smallest absolute Gasteiger partial charge is 0.371 e. The summed E-state index contributed by atoms with van der Waals surface area (Å²) in [6, 6.07) is 1.51. The summed E-state index contributed by atoms with van der Waals surface area (Å²) in [6.07, 6.45) is 0.432. The van der Waals surface area contributed by atoms with Crippen molar-refractivity contribution in [1.82, 2.24) is 29.4 Å². The van der Waals surface area contributed by atoms with Gasteiger partial charge in [0.25, 0.3) is 11.6 Å². The fourth-order valence-electron chi connectivity index (χ4n) is 3.36. The molecule has 0 aliphatic carbocycles. The van der Waals surface area contributed by atoms with Crippen LogP contribution in [0.1, 0.15) is 43.0 Å². The highest BCUT2D eigenvalue weighted by Crippen LogP contribution is 2.32. The van der Waals surface area contributed by atoms with E-state index >= 15 is 0 Å². The lowest BCUT2D eigenvalue weighted by molar-refractivity contribution is -0.144. The van der Waals surface area contributed by atoms with E-state index in [2.05, 4.69) is 25.5 Å². The molecule has 0 amide bonds. The van der Waals surface area contributed by atoms with Crippen molar-refractivity contribution in [2.75, 3.05) is 11.9 Å². The summed E-state index contributed by atoms with van der Waals surface area (Å²) in [7, 11) is 0. The fraction of sp³-hybridized carbons (Fsp3) is 0.529. The number of alkyl halides is 3. The number of halogens is 3. The van der Waals surface area contributed by atoms with Crippen LogP contribution in [-0.4, -0.2) is 42.0 Å². The first-order chi connectivity index (χ1) is 13.3. The van der Waals surface area contributed by atoms with Crippen molar-refractivity contribution >= 4 is 11.6 Å². The Hall–Kier alpha value is -2.69. The van der Waals surface area contributed by atoms with E-state index in [1.807, 2.05) is 17.8 Å². The molecule has 150 valence electrons. The van der Waals surface area contributed by atoms with Gasteiger partial charge in [0.1, 0.15) is 11.9 Å². The summed E-state index contributed by atoms with van der Waals surface area (Å²) in [5.74, 6) is -0.912. The molecule has 0 spiro atoms. The fourth-order valence-corrected chi connectivity index (χ4v) is 3.36. The van der Waals surface area contributed by atoms with Gasteiger partial charge >= 0.3 is 6.18 Å². The first kappa shape index (κ1) is 18.7. The van der Waals surface area contributed by atoms with E-state index in [0.29, 0.717) is 18.1 Å². The quantitative estimate of drug-likeness (QED) is 0.731. The Morgan fingerprint density at radius 3 is 2.86 bits per heavy atom. The molecule has 28 heavy (non-hydrogen) atoms. The van der Waals surface area contributed by atoms with Crippen molar-refractivity contribution in [3.63, 3.8) is 0 Å². The second kappa shape index (κ2) is 7.04. The van der Waals surface area contributed by atoms with Crippen molar-refractivity contribution in [1.29, 1.82) is 0 Å². The number of hydrogen-bond donors (Lipinski definition) is 1. The van der Waals surface area contributed by atoms with Gasteiger partial charge in [0, 0.05) is 36.7 Å². The Balaban J connectivity index is 1.68. The van der Waals surface area contributed by atoms with Crippen LogP contribution < -0.4 is 5.32 Å². The normalized spacial score (nSPS) is 20.6. The lowest BCUT2D eigenvalue weighted by Crippen LogP contribution is -2.34. The van der Waals surface area contributed by atoms with Gasteiger partial charge in [-0.1, -0.05) is 0 Å². The molecule has 1 aliphatic rings. The average Bonchev–Trinajstić information content (AvgIpc) is 3.28. The van der Waals surface area contributed by atoms with Crippen LogP contribution in [-0.2, 0) is 17.5 Å². The summed E-state index contributed by atoms with van der Waals surface area (Å²) in [5, 5.41) is 11.2. The summed E-state index contributed by atoms with van der Waals surface area (Å²) in [6.45, 7) is 5.06. The summed E-state index contributed by atoms with van der Waals surface area (Å²) >= 11 is 0. The van der Waals surface area contributed by atoms with Crippen molar-refractivity contribution in [3.8, 4) is 0 Å². The van der Waals surface area contributed by atoms with E-state index in [9.17, 15) is 13.2 Å². The largest absolute Gasteiger partial charge is 0.453 e. The minimum absolute atomic E-state index is 0.0955. The molecule has 1 aliphatic heterocycles. The molecule has 4 rings (SSSR count). The van der Waals surface area contributed by atoms with Gasteiger partial charge in [0.2, 0.25) is 0 Å². The summed E-state index contributed by atoms with van der Waals surface area (Å²) in [5.41, 5.74) is 1.47. The summed E-state index contributed by atoms with van der Waals surface area (Å²) < 4.78 is 47.9. The number of aromatic nitrogens is 6. The van der Waals surface area contributed by atoms with Gasteiger partial charge in [0.05, 0.1) is 12.2 Å². The molecule has 0 unspecified atom stereocenters. The van der Waals surface area contributed by atoms with Gasteiger partial charge in [-0.15, -0.1) is 5.10 Å². The molecule has 4 heterocycles. The van der Waals surface area contributed by atoms with Crippen LogP contribution in [0.25, 0.3) is 5.78 Å². The zero-order valence-corrected chi connectivity index (χ0v) is 15.4. The predicted octanol–water partition coefficient (Wildman–Crippen LogP) is 3.00. The van der Waals surface area contributed by atoms with Crippen LogP contribution in [0.3, 0.4) is 0 Å². The summed E-state index contributed by atoms with van der Waals surface area (Å²) in [4.78, 5) is 7.58. The molecule has 1 fully saturated rings. The molecule has 8 nitrogen and oxygen atoms in total. The van der Waals surface area contributed by atoms with Crippen LogP contribution in [0.2, 0.25) is 0 Å². The maximum atomic E-state index is 13.0. The molecule has 3 aromatic heterocycles. The standard InChI is InChI=1S/C17H20F3N7O/c1-3-26-9-11(8-21-26)14-12(5-4-6-28-14)23-13-7-10(2)22-16-24-15(17(18,19)20)25-27(13)16/h7-9,12,14,23H,3-6H2,1-2H3/t12-,14+/m0/s1. The molecule has 0 aromatic carbocycles.